The van der Waals surface area contributed by atoms with E-state index in [1.165, 1.54) is 11.0 Å². The topological polar surface area (TPSA) is 89.5 Å². The number of carbonyl (C=O) groups is 1. The van der Waals surface area contributed by atoms with Gasteiger partial charge in [-0.25, -0.2) is 0 Å². The molecule has 0 unspecified atom stereocenters. The summed E-state index contributed by atoms with van der Waals surface area (Å²) in [5, 5.41) is 11.0. The summed E-state index contributed by atoms with van der Waals surface area (Å²) >= 11 is 0. The lowest BCUT2D eigenvalue weighted by Gasteiger charge is -2.18. The summed E-state index contributed by atoms with van der Waals surface area (Å²) in [4.78, 5) is 24.3. The molecule has 0 spiro atoms. The van der Waals surface area contributed by atoms with E-state index >= 15 is 0 Å². The van der Waals surface area contributed by atoms with Gasteiger partial charge in [-0.3, -0.25) is 14.9 Å². The van der Waals surface area contributed by atoms with Crippen molar-refractivity contribution in [1.29, 1.82) is 0 Å². The molecule has 0 heterocycles. The van der Waals surface area contributed by atoms with Gasteiger partial charge >= 0.3 is 0 Å². The van der Waals surface area contributed by atoms with Crippen molar-refractivity contribution in [2.24, 2.45) is 0 Å². The zero-order valence-corrected chi connectivity index (χ0v) is 11.5. The van der Waals surface area contributed by atoms with Gasteiger partial charge in [-0.1, -0.05) is 30.3 Å². The second-order valence-corrected chi connectivity index (χ2v) is 4.63. The Labute approximate surface area is 121 Å². The zero-order chi connectivity index (χ0) is 15.4. The Balaban J connectivity index is 2.23. The first-order chi connectivity index (χ1) is 10.0. The third kappa shape index (κ3) is 3.17. The van der Waals surface area contributed by atoms with E-state index in [-0.39, 0.29) is 18.1 Å². The predicted octanol–water partition coefficient (Wildman–Crippen LogP) is 2.45. The number of nitrogen functional groups attached to an aromatic ring is 1. The van der Waals surface area contributed by atoms with Crippen LogP contribution in [-0.4, -0.2) is 22.8 Å². The Bertz CT molecular complexity index is 685. The first kappa shape index (κ1) is 14.5. The molecule has 0 atom stereocenters. The first-order valence-corrected chi connectivity index (χ1v) is 6.33. The summed E-state index contributed by atoms with van der Waals surface area (Å²) in [5.41, 5.74) is 7.03. The van der Waals surface area contributed by atoms with Crippen LogP contribution in [0.2, 0.25) is 0 Å². The number of amides is 1. The molecule has 0 saturated heterocycles. The number of hydrogen-bond acceptors (Lipinski definition) is 4. The molecule has 0 bridgehead atoms. The number of anilines is 1. The van der Waals surface area contributed by atoms with Gasteiger partial charge in [0.25, 0.3) is 11.6 Å². The highest BCUT2D eigenvalue weighted by atomic mass is 16.6. The minimum Gasteiger partial charge on any atom is -0.398 e. The molecule has 2 aromatic carbocycles. The molecular formula is C15H15N3O3. The summed E-state index contributed by atoms with van der Waals surface area (Å²) in [6, 6.07) is 13.1. The normalized spacial score (nSPS) is 10.1. The molecule has 6 nitrogen and oxygen atoms in total. The Hall–Kier alpha value is -2.89. The van der Waals surface area contributed by atoms with Crippen molar-refractivity contribution in [3.05, 3.63) is 69.8 Å². The lowest BCUT2D eigenvalue weighted by molar-refractivity contribution is -0.385. The van der Waals surface area contributed by atoms with Crippen molar-refractivity contribution in [2.75, 3.05) is 12.8 Å². The van der Waals surface area contributed by atoms with Crippen molar-refractivity contribution < 1.29 is 9.72 Å². The average Bonchev–Trinajstić information content (AvgIpc) is 2.47. The standard InChI is InChI=1S/C15H15N3O3/c1-17(15(19)12-7-3-4-8-13(12)16)10-11-6-2-5-9-14(11)18(20)21/h2-9H,10,16H2,1H3. The van der Waals surface area contributed by atoms with Crippen LogP contribution in [0.1, 0.15) is 15.9 Å². The van der Waals surface area contributed by atoms with E-state index in [2.05, 4.69) is 0 Å². The first-order valence-electron chi connectivity index (χ1n) is 6.33. The number of rotatable bonds is 4. The summed E-state index contributed by atoms with van der Waals surface area (Å²) in [7, 11) is 1.59. The Morgan fingerprint density at radius 2 is 1.81 bits per heavy atom. The number of nitro benzene ring substituents is 1. The Morgan fingerprint density at radius 3 is 2.48 bits per heavy atom. The maximum Gasteiger partial charge on any atom is 0.274 e. The van der Waals surface area contributed by atoms with Crippen LogP contribution in [0, 0.1) is 10.1 Å². The van der Waals surface area contributed by atoms with Crippen molar-refractivity contribution in [2.45, 2.75) is 6.54 Å². The highest BCUT2D eigenvalue weighted by Gasteiger charge is 2.18. The molecule has 0 aliphatic carbocycles. The largest absolute Gasteiger partial charge is 0.398 e. The van der Waals surface area contributed by atoms with Crippen molar-refractivity contribution >= 4 is 17.3 Å². The van der Waals surface area contributed by atoms with Gasteiger partial charge in [0, 0.05) is 24.4 Å². The minimum absolute atomic E-state index is 0.00168. The lowest BCUT2D eigenvalue weighted by atomic mass is 10.1. The molecule has 6 heteroatoms. The van der Waals surface area contributed by atoms with E-state index in [1.54, 1.807) is 49.5 Å². The van der Waals surface area contributed by atoms with Crippen LogP contribution in [0.15, 0.2) is 48.5 Å². The third-order valence-electron chi connectivity index (χ3n) is 3.13. The number of nitrogens with zero attached hydrogens (tertiary/aromatic N) is 2. The average molecular weight is 285 g/mol. The number of hydrogen-bond donors (Lipinski definition) is 1. The molecule has 1 amide bonds. The fraction of sp³-hybridized carbons (Fsp3) is 0.133. The van der Waals surface area contributed by atoms with Crippen LogP contribution in [0.3, 0.4) is 0 Å². The van der Waals surface area contributed by atoms with E-state index in [9.17, 15) is 14.9 Å². The monoisotopic (exact) mass is 285 g/mol. The smallest absolute Gasteiger partial charge is 0.274 e. The number of benzene rings is 2. The summed E-state index contributed by atoms with van der Waals surface area (Å²) < 4.78 is 0. The molecule has 0 aromatic heterocycles. The number of carbonyl (C=O) groups excluding carboxylic acids is 1. The predicted molar refractivity (Wildman–Crippen MR) is 79.7 cm³/mol. The minimum atomic E-state index is -0.454. The molecule has 0 saturated carbocycles. The van der Waals surface area contributed by atoms with E-state index in [0.29, 0.717) is 16.8 Å². The van der Waals surface area contributed by atoms with Crippen molar-refractivity contribution in [3.63, 3.8) is 0 Å². The highest BCUT2D eigenvalue weighted by molar-refractivity contribution is 5.98. The molecule has 0 fully saturated rings. The molecule has 0 radical (unpaired) electrons. The molecule has 0 aliphatic rings. The van der Waals surface area contributed by atoms with E-state index in [1.807, 2.05) is 0 Å². The van der Waals surface area contributed by atoms with Crippen LogP contribution in [0.4, 0.5) is 11.4 Å². The van der Waals surface area contributed by atoms with Gasteiger partial charge in [-0.15, -0.1) is 0 Å². The van der Waals surface area contributed by atoms with Gasteiger partial charge < -0.3 is 10.6 Å². The molecule has 2 N–H and O–H groups in total. The van der Waals surface area contributed by atoms with Gasteiger partial charge in [0.15, 0.2) is 0 Å². The Kier molecular flexibility index (Phi) is 4.18. The summed E-state index contributed by atoms with van der Waals surface area (Å²) in [6.45, 7) is 0.143. The molecule has 2 rings (SSSR count). The van der Waals surface area contributed by atoms with Crippen molar-refractivity contribution in [3.8, 4) is 0 Å². The number of para-hydroxylation sites is 2. The number of nitrogens with two attached hydrogens (primary N) is 1. The van der Waals surface area contributed by atoms with Gasteiger partial charge in [0.05, 0.1) is 17.0 Å². The maximum absolute atomic E-state index is 12.3. The third-order valence-corrected chi connectivity index (χ3v) is 3.13. The van der Waals surface area contributed by atoms with Crippen LogP contribution < -0.4 is 5.73 Å². The van der Waals surface area contributed by atoms with Crippen molar-refractivity contribution in [1.82, 2.24) is 4.90 Å². The van der Waals surface area contributed by atoms with Crippen LogP contribution in [0.25, 0.3) is 0 Å². The van der Waals surface area contributed by atoms with Crippen LogP contribution in [-0.2, 0) is 6.54 Å². The highest BCUT2D eigenvalue weighted by Crippen LogP contribution is 2.20. The summed E-state index contributed by atoms with van der Waals surface area (Å²) in [5.74, 6) is -0.272. The van der Waals surface area contributed by atoms with Gasteiger partial charge in [0.2, 0.25) is 0 Å². The van der Waals surface area contributed by atoms with E-state index in [4.69, 9.17) is 5.73 Å². The fourth-order valence-electron chi connectivity index (χ4n) is 2.05. The van der Waals surface area contributed by atoms with Gasteiger partial charge in [-0.05, 0) is 12.1 Å². The summed E-state index contributed by atoms with van der Waals surface area (Å²) in [6.07, 6.45) is 0. The molecule has 108 valence electrons. The lowest BCUT2D eigenvalue weighted by Crippen LogP contribution is -2.27. The molecule has 0 aliphatic heterocycles. The Morgan fingerprint density at radius 1 is 1.19 bits per heavy atom. The number of nitro groups is 1. The second-order valence-electron chi connectivity index (χ2n) is 4.63. The van der Waals surface area contributed by atoms with Crippen LogP contribution in [0.5, 0.6) is 0 Å². The molecule has 2 aromatic rings. The quantitative estimate of drug-likeness (QED) is 0.531. The maximum atomic E-state index is 12.3. The van der Waals surface area contributed by atoms with Gasteiger partial charge in [0.1, 0.15) is 0 Å². The van der Waals surface area contributed by atoms with E-state index < -0.39 is 4.92 Å². The molecule has 21 heavy (non-hydrogen) atoms. The zero-order valence-electron chi connectivity index (χ0n) is 11.5. The van der Waals surface area contributed by atoms with Gasteiger partial charge in [-0.2, -0.15) is 0 Å². The van der Waals surface area contributed by atoms with Crippen LogP contribution >= 0.6 is 0 Å². The fourth-order valence-corrected chi connectivity index (χ4v) is 2.05. The second kappa shape index (κ2) is 6.04. The molecular weight excluding hydrogens is 270 g/mol. The SMILES string of the molecule is CN(Cc1ccccc1[N+](=O)[O-])C(=O)c1ccccc1N. The van der Waals surface area contributed by atoms with E-state index in [0.717, 1.165) is 0 Å².